The summed E-state index contributed by atoms with van der Waals surface area (Å²) in [6.45, 7) is 5.29. The topological polar surface area (TPSA) is 74.8 Å². The molecule has 1 heterocycles. The number of hydrogen-bond acceptors (Lipinski definition) is 3. The van der Waals surface area contributed by atoms with Gasteiger partial charge in [0.15, 0.2) is 0 Å². The summed E-state index contributed by atoms with van der Waals surface area (Å²) < 4.78 is 0. The number of carbonyl (C=O) groups is 1. The molecule has 0 bridgehead atoms. The Balaban J connectivity index is 2.36. The third kappa shape index (κ3) is 2.72. The van der Waals surface area contributed by atoms with Gasteiger partial charge >= 0.3 is 0 Å². The second-order valence-electron chi connectivity index (χ2n) is 4.56. The van der Waals surface area contributed by atoms with Crippen molar-refractivity contribution in [3.8, 4) is 0 Å². The Morgan fingerprint density at radius 1 is 1.30 bits per heavy atom. The van der Waals surface area contributed by atoms with Crippen LogP contribution in [0.3, 0.4) is 0 Å². The minimum Gasteiger partial charge on any atom is -0.322 e. The molecule has 1 amide bonds. The molecule has 20 heavy (non-hydrogen) atoms. The van der Waals surface area contributed by atoms with Gasteiger partial charge in [-0.15, -0.1) is 0 Å². The molecule has 2 N–H and O–H groups in total. The van der Waals surface area contributed by atoms with Crippen LogP contribution in [0.15, 0.2) is 23.0 Å². The molecule has 0 aliphatic rings. The van der Waals surface area contributed by atoms with Crippen molar-refractivity contribution in [1.29, 1.82) is 0 Å². The highest BCUT2D eigenvalue weighted by Crippen LogP contribution is 2.20. The highest BCUT2D eigenvalue weighted by atomic mass is 35.5. The molecule has 1 aromatic carbocycles. The second-order valence-corrected chi connectivity index (χ2v) is 4.96. The molecule has 0 fully saturated rings. The lowest BCUT2D eigenvalue weighted by Gasteiger charge is -2.09. The van der Waals surface area contributed by atoms with E-state index in [1.165, 1.54) is 0 Å². The zero-order valence-electron chi connectivity index (χ0n) is 11.4. The molecule has 1 aromatic heterocycles. The number of carbonyl (C=O) groups excluding carboxylic acids is 1. The molecule has 5 nitrogen and oxygen atoms in total. The predicted octanol–water partition coefficient (Wildman–Crippen LogP) is 2.60. The van der Waals surface area contributed by atoms with E-state index >= 15 is 0 Å². The number of benzene rings is 1. The van der Waals surface area contributed by atoms with Crippen LogP contribution >= 0.6 is 11.6 Å². The third-order valence-electron chi connectivity index (χ3n) is 3.13. The molecule has 0 aliphatic heterocycles. The van der Waals surface area contributed by atoms with Gasteiger partial charge in [0.25, 0.3) is 11.5 Å². The van der Waals surface area contributed by atoms with Crippen LogP contribution in [0, 0.1) is 20.8 Å². The Morgan fingerprint density at radius 3 is 2.65 bits per heavy atom. The van der Waals surface area contributed by atoms with Gasteiger partial charge in [-0.25, -0.2) is 5.10 Å². The molecule has 2 rings (SSSR count). The number of nitrogens with zero attached hydrogens (tertiary/aromatic N) is 1. The van der Waals surface area contributed by atoms with Gasteiger partial charge in [0.1, 0.15) is 5.56 Å². The number of H-pyrrole nitrogens is 1. The second kappa shape index (κ2) is 5.46. The third-order valence-corrected chi connectivity index (χ3v) is 3.53. The molecule has 6 heteroatoms. The number of aromatic amines is 1. The average Bonchev–Trinajstić information content (AvgIpc) is 2.39. The number of aromatic nitrogens is 2. The molecule has 0 unspecified atom stereocenters. The van der Waals surface area contributed by atoms with Crippen molar-refractivity contribution >= 4 is 23.2 Å². The number of rotatable bonds is 2. The molecule has 0 saturated heterocycles. The van der Waals surface area contributed by atoms with Crippen molar-refractivity contribution in [2.24, 2.45) is 0 Å². The van der Waals surface area contributed by atoms with Gasteiger partial charge in [-0.3, -0.25) is 9.59 Å². The number of halogens is 1. The Hall–Kier alpha value is -2.14. The summed E-state index contributed by atoms with van der Waals surface area (Å²) in [4.78, 5) is 23.9. The summed E-state index contributed by atoms with van der Waals surface area (Å²) in [5, 5.41) is 9.34. The van der Waals surface area contributed by atoms with Crippen LogP contribution in [-0.2, 0) is 0 Å². The van der Waals surface area contributed by atoms with E-state index < -0.39 is 11.5 Å². The maximum Gasteiger partial charge on any atom is 0.277 e. The summed E-state index contributed by atoms with van der Waals surface area (Å²) in [6.07, 6.45) is 0. The molecule has 2 aromatic rings. The summed E-state index contributed by atoms with van der Waals surface area (Å²) >= 11 is 6.00. The molecular weight excluding hydrogens is 278 g/mol. The number of aryl methyl sites for hydroxylation is 2. The van der Waals surface area contributed by atoms with Crippen LogP contribution in [0.2, 0.25) is 5.02 Å². The van der Waals surface area contributed by atoms with E-state index in [0.717, 1.165) is 5.56 Å². The summed E-state index contributed by atoms with van der Waals surface area (Å²) in [7, 11) is 0. The van der Waals surface area contributed by atoms with Crippen LogP contribution in [0.25, 0.3) is 0 Å². The standard InChI is InChI=1S/C14H14ClN3O2/c1-7-4-5-10(6-11(7)15)16-13(19)12-8(2)9(3)17-18-14(12)20/h4-6H,1-3H3,(H,16,19)(H,18,20). The Kier molecular flexibility index (Phi) is 3.90. The fourth-order valence-corrected chi connectivity index (χ4v) is 1.94. The minimum absolute atomic E-state index is 0.0641. The Morgan fingerprint density at radius 2 is 2.00 bits per heavy atom. The lowest BCUT2D eigenvalue weighted by atomic mass is 10.1. The summed E-state index contributed by atoms with van der Waals surface area (Å²) in [6, 6.07) is 5.18. The SMILES string of the molecule is Cc1ccc(NC(=O)c2c(C)c(C)n[nH]c2=O)cc1Cl. The van der Waals surface area contributed by atoms with Crippen LogP contribution in [0.1, 0.15) is 27.2 Å². The summed E-state index contributed by atoms with van der Waals surface area (Å²) in [5.41, 5.74) is 2.18. The molecular formula is C14H14ClN3O2. The van der Waals surface area contributed by atoms with Gasteiger partial charge in [-0.05, 0) is 44.0 Å². The quantitative estimate of drug-likeness (QED) is 0.893. The van der Waals surface area contributed by atoms with Crippen LogP contribution in [-0.4, -0.2) is 16.1 Å². The van der Waals surface area contributed by atoms with Crippen molar-refractivity contribution in [2.45, 2.75) is 20.8 Å². The van der Waals surface area contributed by atoms with E-state index in [4.69, 9.17) is 11.6 Å². The van der Waals surface area contributed by atoms with E-state index in [1.807, 2.05) is 6.92 Å². The first kappa shape index (κ1) is 14.3. The smallest absolute Gasteiger partial charge is 0.277 e. The van der Waals surface area contributed by atoms with Gasteiger partial charge in [0.05, 0.1) is 5.69 Å². The molecule has 0 saturated carbocycles. The number of nitrogens with one attached hydrogen (secondary N) is 2. The van der Waals surface area contributed by atoms with Gasteiger partial charge in [0, 0.05) is 10.7 Å². The van der Waals surface area contributed by atoms with Crippen molar-refractivity contribution in [3.05, 3.63) is 56.0 Å². The van der Waals surface area contributed by atoms with E-state index in [1.54, 1.807) is 32.0 Å². The fourth-order valence-electron chi connectivity index (χ4n) is 1.76. The van der Waals surface area contributed by atoms with E-state index in [9.17, 15) is 9.59 Å². The van der Waals surface area contributed by atoms with E-state index in [0.29, 0.717) is 22.0 Å². The van der Waals surface area contributed by atoms with Crippen LogP contribution in [0.4, 0.5) is 5.69 Å². The minimum atomic E-state index is -0.510. The Bertz CT molecular complexity index is 738. The monoisotopic (exact) mass is 291 g/mol. The molecule has 0 atom stereocenters. The van der Waals surface area contributed by atoms with E-state index in [2.05, 4.69) is 15.5 Å². The van der Waals surface area contributed by atoms with E-state index in [-0.39, 0.29) is 5.56 Å². The molecule has 104 valence electrons. The highest BCUT2D eigenvalue weighted by molar-refractivity contribution is 6.31. The van der Waals surface area contributed by atoms with Crippen molar-refractivity contribution in [1.82, 2.24) is 10.2 Å². The van der Waals surface area contributed by atoms with Gasteiger partial charge in [-0.1, -0.05) is 17.7 Å². The number of anilines is 1. The lowest BCUT2D eigenvalue weighted by Crippen LogP contribution is -2.26. The van der Waals surface area contributed by atoms with Crippen LogP contribution < -0.4 is 10.9 Å². The van der Waals surface area contributed by atoms with Crippen LogP contribution in [0.5, 0.6) is 0 Å². The number of hydrogen-bond donors (Lipinski definition) is 2. The predicted molar refractivity (Wildman–Crippen MR) is 78.5 cm³/mol. The first-order valence-electron chi connectivity index (χ1n) is 6.03. The first-order valence-corrected chi connectivity index (χ1v) is 6.41. The molecule has 0 spiro atoms. The fraction of sp³-hybridized carbons (Fsp3) is 0.214. The first-order chi connectivity index (χ1) is 9.40. The zero-order chi connectivity index (χ0) is 14.9. The summed E-state index contributed by atoms with van der Waals surface area (Å²) in [5.74, 6) is -0.478. The maximum absolute atomic E-state index is 12.2. The van der Waals surface area contributed by atoms with Gasteiger partial charge in [0.2, 0.25) is 0 Å². The number of amides is 1. The van der Waals surface area contributed by atoms with Crippen molar-refractivity contribution < 1.29 is 4.79 Å². The van der Waals surface area contributed by atoms with Gasteiger partial charge < -0.3 is 5.32 Å². The molecule has 0 aliphatic carbocycles. The largest absolute Gasteiger partial charge is 0.322 e. The average molecular weight is 292 g/mol. The lowest BCUT2D eigenvalue weighted by molar-refractivity contribution is 0.102. The Labute approximate surface area is 121 Å². The van der Waals surface area contributed by atoms with Gasteiger partial charge in [-0.2, -0.15) is 5.10 Å². The zero-order valence-corrected chi connectivity index (χ0v) is 12.1. The van der Waals surface area contributed by atoms with Crippen molar-refractivity contribution in [2.75, 3.05) is 5.32 Å². The molecule has 0 radical (unpaired) electrons. The maximum atomic E-state index is 12.2. The highest BCUT2D eigenvalue weighted by Gasteiger charge is 2.16. The normalized spacial score (nSPS) is 10.4. The van der Waals surface area contributed by atoms with Crippen molar-refractivity contribution in [3.63, 3.8) is 0 Å².